The van der Waals surface area contributed by atoms with Crippen molar-refractivity contribution in [2.45, 2.75) is 5.16 Å². The van der Waals surface area contributed by atoms with Gasteiger partial charge in [0.05, 0.1) is 11.4 Å². The first-order valence-corrected chi connectivity index (χ1v) is 5.75. The van der Waals surface area contributed by atoms with Crippen molar-refractivity contribution in [2.24, 2.45) is 0 Å². The van der Waals surface area contributed by atoms with Crippen LogP contribution in [0.5, 0.6) is 0 Å². The molecule has 100 valence electrons. The third-order valence-corrected chi connectivity index (χ3v) is 2.88. The van der Waals surface area contributed by atoms with Gasteiger partial charge >= 0.3 is 5.97 Å². The molecule has 0 aliphatic carbocycles. The lowest BCUT2D eigenvalue weighted by molar-refractivity contribution is -0.133. The summed E-state index contributed by atoms with van der Waals surface area (Å²) in [5.41, 5.74) is -0.144. The van der Waals surface area contributed by atoms with Gasteiger partial charge < -0.3 is 5.11 Å². The van der Waals surface area contributed by atoms with E-state index in [0.717, 1.165) is 16.4 Å². The third-order valence-electron chi connectivity index (χ3n) is 1.98. The molecule has 0 bridgehead atoms. The van der Waals surface area contributed by atoms with Crippen LogP contribution < -0.4 is 0 Å². The van der Waals surface area contributed by atoms with Crippen LogP contribution in [0.2, 0.25) is 0 Å². The normalized spacial score (nSPS) is 10.7. The monoisotopic (exact) mass is 290 g/mol. The van der Waals surface area contributed by atoms with Gasteiger partial charge in [0.15, 0.2) is 17.5 Å². The van der Waals surface area contributed by atoms with Crippen LogP contribution in [-0.4, -0.2) is 37.0 Å². The van der Waals surface area contributed by atoms with Crippen LogP contribution in [0, 0.1) is 17.5 Å². The molecular weight excluding hydrogens is 285 g/mol. The molecular formula is C9H5F3N4O2S. The van der Waals surface area contributed by atoms with E-state index in [2.05, 4.69) is 15.5 Å². The summed E-state index contributed by atoms with van der Waals surface area (Å²) in [5.74, 6) is -5.81. The van der Waals surface area contributed by atoms with E-state index in [-0.39, 0.29) is 16.6 Å². The highest BCUT2D eigenvalue weighted by atomic mass is 32.2. The summed E-state index contributed by atoms with van der Waals surface area (Å²) < 4.78 is 39.9. The Balaban J connectivity index is 2.37. The second-order valence-corrected chi connectivity index (χ2v) is 4.22. The van der Waals surface area contributed by atoms with Gasteiger partial charge in [-0.15, -0.1) is 5.10 Å². The first kappa shape index (κ1) is 13.3. The maximum Gasteiger partial charge on any atom is 0.313 e. The molecule has 0 saturated heterocycles. The maximum atomic E-state index is 13.1. The van der Waals surface area contributed by atoms with Crippen LogP contribution in [0.15, 0.2) is 17.3 Å². The van der Waals surface area contributed by atoms with E-state index in [0.29, 0.717) is 12.1 Å². The van der Waals surface area contributed by atoms with Gasteiger partial charge in [-0.1, -0.05) is 11.8 Å². The van der Waals surface area contributed by atoms with Crippen molar-refractivity contribution in [1.29, 1.82) is 0 Å². The van der Waals surface area contributed by atoms with Crippen LogP contribution in [0.1, 0.15) is 0 Å². The van der Waals surface area contributed by atoms with Crippen LogP contribution in [0.25, 0.3) is 5.69 Å². The van der Waals surface area contributed by atoms with Crippen molar-refractivity contribution >= 4 is 17.7 Å². The molecule has 2 aromatic rings. The van der Waals surface area contributed by atoms with E-state index in [1.54, 1.807) is 0 Å². The minimum Gasteiger partial charge on any atom is -0.481 e. The number of carboxylic acids is 1. The number of hydrogen-bond donors (Lipinski definition) is 1. The molecule has 0 spiro atoms. The van der Waals surface area contributed by atoms with Crippen molar-refractivity contribution in [3.63, 3.8) is 0 Å². The van der Waals surface area contributed by atoms with Gasteiger partial charge in [0.1, 0.15) is 0 Å². The number of rotatable bonds is 4. The first-order valence-electron chi connectivity index (χ1n) is 4.77. The zero-order valence-electron chi connectivity index (χ0n) is 9.05. The van der Waals surface area contributed by atoms with Crippen LogP contribution in [0.3, 0.4) is 0 Å². The lowest BCUT2D eigenvalue weighted by atomic mass is 10.3. The fourth-order valence-corrected chi connectivity index (χ4v) is 1.83. The standard InChI is InChI=1S/C9H5F3N4O2S/c10-5-1-4(2-6(11)8(5)12)16-9(13-14-15-16)19-3-7(17)18/h1-2H,3H2,(H,17,18). The summed E-state index contributed by atoms with van der Waals surface area (Å²) in [4.78, 5) is 10.4. The number of benzene rings is 1. The number of tetrazole rings is 1. The minimum absolute atomic E-state index is 0.0211. The second-order valence-electron chi connectivity index (χ2n) is 3.28. The quantitative estimate of drug-likeness (QED) is 0.674. The third kappa shape index (κ3) is 2.84. The van der Waals surface area contributed by atoms with Gasteiger partial charge in [0.25, 0.3) is 0 Å². The van der Waals surface area contributed by atoms with E-state index in [1.165, 1.54) is 0 Å². The molecule has 6 nitrogen and oxygen atoms in total. The topological polar surface area (TPSA) is 80.9 Å². The van der Waals surface area contributed by atoms with Gasteiger partial charge in [-0.3, -0.25) is 4.79 Å². The Morgan fingerprint density at radius 1 is 1.32 bits per heavy atom. The van der Waals surface area contributed by atoms with Crippen LogP contribution in [0.4, 0.5) is 13.2 Å². The molecule has 10 heteroatoms. The number of carboxylic acid groups (broad SMARTS) is 1. The Hall–Kier alpha value is -2.10. The summed E-state index contributed by atoms with van der Waals surface area (Å²) >= 11 is 0.761. The highest BCUT2D eigenvalue weighted by Gasteiger charge is 2.16. The van der Waals surface area contributed by atoms with Crippen LogP contribution in [-0.2, 0) is 4.79 Å². The van der Waals surface area contributed by atoms with Crippen molar-refractivity contribution in [3.05, 3.63) is 29.6 Å². The number of thioether (sulfide) groups is 1. The minimum atomic E-state index is -1.60. The molecule has 19 heavy (non-hydrogen) atoms. The van der Waals surface area contributed by atoms with Crippen LogP contribution >= 0.6 is 11.8 Å². The molecule has 0 atom stereocenters. The zero-order chi connectivity index (χ0) is 14.0. The van der Waals surface area contributed by atoms with Gasteiger partial charge in [-0.2, -0.15) is 4.68 Å². The SMILES string of the molecule is O=C(O)CSc1nnnn1-c1cc(F)c(F)c(F)c1. The van der Waals surface area contributed by atoms with Gasteiger partial charge in [0, 0.05) is 12.1 Å². The van der Waals surface area contributed by atoms with Crippen molar-refractivity contribution in [3.8, 4) is 5.69 Å². The average molecular weight is 290 g/mol. The van der Waals surface area contributed by atoms with E-state index >= 15 is 0 Å². The molecule has 0 amide bonds. The largest absolute Gasteiger partial charge is 0.481 e. The fraction of sp³-hybridized carbons (Fsp3) is 0.111. The molecule has 0 unspecified atom stereocenters. The number of aromatic nitrogens is 4. The molecule has 1 aromatic carbocycles. The Bertz CT molecular complexity index is 611. The molecule has 1 heterocycles. The number of carbonyl (C=O) groups is 1. The molecule has 0 aliphatic heterocycles. The molecule has 0 aliphatic rings. The second kappa shape index (κ2) is 5.26. The van der Waals surface area contributed by atoms with E-state index < -0.39 is 23.4 Å². The van der Waals surface area contributed by atoms with Gasteiger partial charge in [0.2, 0.25) is 5.16 Å². The Kier molecular flexibility index (Phi) is 3.69. The highest BCUT2D eigenvalue weighted by molar-refractivity contribution is 7.99. The number of nitrogens with zero attached hydrogens (tertiary/aromatic N) is 4. The smallest absolute Gasteiger partial charge is 0.313 e. The predicted octanol–water partition coefficient (Wildman–Crippen LogP) is 1.26. The van der Waals surface area contributed by atoms with Gasteiger partial charge in [-0.05, 0) is 10.4 Å². The van der Waals surface area contributed by atoms with Crippen molar-refractivity contribution in [2.75, 3.05) is 5.75 Å². The molecule has 0 fully saturated rings. The maximum absolute atomic E-state index is 13.1. The van der Waals surface area contributed by atoms with Crippen molar-refractivity contribution in [1.82, 2.24) is 20.2 Å². The summed E-state index contributed by atoms with van der Waals surface area (Å²) in [6.07, 6.45) is 0. The lowest BCUT2D eigenvalue weighted by Crippen LogP contribution is -2.04. The van der Waals surface area contributed by atoms with Gasteiger partial charge in [-0.25, -0.2) is 13.2 Å². The zero-order valence-corrected chi connectivity index (χ0v) is 9.86. The van der Waals surface area contributed by atoms with Crippen molar-refractivity contribution < 1.29 is 23.1 Å². The van der Waals surface area contributed by atoms with E-state index in [4.69, 9.17) is 5.11 Å². The summed E-state index contributed by atoms with van der Waals surface area (Å²) in [7, 11) is 0. The summed E-state index contributed by atoms with van der Waals surface area (Å²) in [6.45, 7) is 0. The van der Waals surface area contributed by atoms with E-state index in [1.807, 2.05) is 0 Å². The Morgan fingerprint density at radius 2 is 1.95 bits per heavy atom. The highest BCUT2D eigenvalue weighted by Crippen LogP contribution is 2.21. The molecule has 1 N–H and O–H groups in total. The predicted molar refractivity (Wildman–Crippen MR) is 57.4 cm³/mol. The molecule has 2 rings (SSSR count). The average Bonchev–Trinajstić information content (AvgIpc) is 2.81. The lowest BCUT2D eigenvalue weighted by Gasteiger charge is -2.04. The Labute approximate surface area is 108 Å². The summed E-state index contributed by atoms with van der Waals surface area (Å²) in [6, 6.07) is 1.42. The van der Waals surface area contributed by atoms with E-state index in [9.17, 15) is 18.0 Å². The fourth-order valence-electron chi connectivity index (χ4n) is 1.22. The number of aliphatic carboxylic acids is 1. The number of hydrogen-bond acceptors (Lipinski definition) is 5. The number of halogens is 3. The Morgan fingerprint density at radius 3 is 2.53 bits per heavy atom. The first-order chi connectivity index (χ1) is 8.99. The molecule has 0 radical (unpaired) electrons. The summed E-state index contributed by atoms with van der Waals surface area (Å²) in [5, 5.41) is 18.8. The molecule has 0 saturated carbocycles. The molecule has 1 aromatic heterocycles.